The summed E-state index contributed by atoms with van der Waals surface area (Å²) in [7, 11) is 4.40. The van der Waals surface area contributed by atoms with Gasteiger partial charge in [-0.1, -0.05) is 5.47 Å². The maximum Gasteiger partial charge on any atom is 0.135 e. The summed E-state index contributed by atoms with van der Waals surface area (Å²) < 4.78 is 0. The average molecular weight is 204 g/mol. The summed E-state index contributed by atoms with van der Waals surface area (Å²) >= 11 is 0. The number of hydrogen-bond donors (Lipinski definition) is 0. The van der Waals surface area contributed by atoms with Crippen molar-refractivity contribution in [2.45, 2.75) is 32.1 Å². The third-order valence-corrected chi connectivity index (χ3v) is 3.64. The molecule has 2 rings (SSSR count). The van der Waals surface area contributed by atoms with E-state index in [1.807, 2.05) is 0 Å². The lowest BCUT2D eigenvalue weighted by molar-refractivity contribution is 0.223. The van der Waals surface area contributed by atoms with Crippen molar-refractivity contribution in [2.24, 2.45) is 10.9 Å². The lowest BCUT2D eigenvalue weighted by Gasteiger charge is -2.29. The molecule has 0 saturated carbocycles. The highest BCUT2D eigenvalue weighted by molar-refractivity contribution is 6.22. The Labute approximate surface area is 93.9 Å². The molecule has 0 spiro atoms. The summed E-state index contributed by atoms with van der Waals surface area (Å²) in [6.07, 6.45) is 8.46. The van der Waals surface area contributed by atoms with Gasteiger partial charge in [0.15, 0.2) is 0 Å². The highest BCUT2D eigenvalue weighted by Gasteiger charge is 2.18. The lowest BCUT2D eigenvalue weighted by Crippen LogP contribution is -2.31. The number of nitrogens with zero attached hydrogens (tertiary/aromatic N) is 2. The topological polar surface area (TPSA) is 15.6 Å². The van der Waals surface area contributed by atoms with E-state index in [4.69, 9.17) is 0 Å². The lowest BCUT2D eigenvalue weighted by atomic mass is 9.85. The molecule has 0 N–H and O–H groups in total. The van der Waals surface area contributed by atoms with E-state index in [0.717, 1.165) is 5.92 Å². The number of allylic oxidation sites excluding steroid dienone is 1. The first-order valence-electron chi connectivity index (χ1n) is 6.14. The van der Waals surface area contributed by atoms with Gasteiger partial charge in [-0.3, -0.25) is 4.99 Å². The van der Waals surface area contributed by atoms with Gasteiger partial charge in [0.25, 0.3) is 0 Å². The molecule has 0 unspecified atom stereocenters. The molecule has 2 aliphatic rings. The van der Waals surface area contributed by atoms with E-state index in [9.17, 15) is 0 Å². The molecule has 0 bridgehead atoms. The minimum Gasteiger partial charge on any atom is -0.306 e. The van der Waals surface area contributed by atoms with E-state index in [-0.39, 0.29) is 0 Å². The van der Waals surface area contributed by atoms with Crippen molar-refractivity contribution in [1.29, 1.82) is 0 Å². The van der Waals surface area contributed by atoms with Crippen LogP contribution in [0.25, 0.3) is 0 Å². The van der Waals surface area contributed by atoms with Crippen LogP contribution in [0.5, 0.6) is 0 Å². The Hall–Kier alpha value is -0.565. The molecule has 0 amide bonds. The molecular formula is C12H21BN2. The summed E-state index contributed by atoms with van der Waals surface area (Å²) in [6, 6.07) is 0. The van der Waals surface area contributed by atoms with Gasteiger partial charge in [0, 0.05) is 11.9 Å². The molecule has 82 valence electrons. The van der Waals surface area contributed by atoms with Gasteiger partial charge < -0.3 is 4.90 Å². The van der Waals surface area contributed by atoms with E-state index >= 15 is 0 Å². The first kappa shape index (κ1) is 10.9. The van der Waals surface area contributed by atoms with Crippen molar-refractivity contribution in [2.75, 3.05) is 20.1 Å². The largest absolute Gasteiger partial charge is 0.306 e. The quantitative estimate of drug-likeness (QED) is 0.621. The molecule has 2 heterocycles. The van der Waals surface area contributed by atoms with Crippen LogP contribution in [0.4, 0.5) is 0 Å². The summed E-state index contributed by atoms with van der Waals surface area (Å²) in [5, 5.41) is 0. The maximum absolute atomic E-state index is 4.56. The summed E-state index contributed by atoms with van der Waals surface area (Å²) in [6.45, 7) is 2.54. The third-order valence-electron chi connectivity index (χ3n) is 3.64. The van der Waals surface area contributed by atoms with Gasteiger partial charge in [-0.25, -0.2) is 0 Å². The minimum atomic E-state index is 0.895. The van der Waals surface area contributed by atoms with Crippen LogP contribution in [0.3, 0.4) is 0 Å². The Kier molecular flexibility index (Phi) is 3.63. The van der Waals surface area contributed by atoms with Crippen molar-refractivity contribution in [3.05, 3.63) is 11.7 Å². The molecule has 0 radical (unpaired) electrons. The molecule has 3 heteroatoms. The molecule has 0 aromatic carbocycles. The van der Waals surface area contributed by atoms with Crippen molar-refractivity contribution >= 4 is 13.6 Å². The Bertz CT molecular complexity index is 275. The summed E-state index contributed by atoms with van der Waals surface area (Å²) in [5.74, 6) is 0.895. The van der Waals surface area contributed by atoms with Gasteiger partial charge in [0.1, 0.15) is 7.85 Å². The van der Waals surface area contributed by atoms with Gasteiger partial charge in [-0.05, 0) is 58.2 Å². The van der Waals surface area contributed by atoms with Gasteiger partial charge in [0.2, 0.25) is 0 Å². The molecule has 2 aliphatic heterocycles. The summed E-state index contributed by atoms with van der Waals surface area (Å²) in [5.41, 5.74) is 2.87. The number of rotatable bonds is 2. The third kappa shape index (κ3) is 3.20. The van der Waals surface area contributed by atoms with Crippen LogP contribution in [-0.4, -0.2) is 38.6 Å². The zero-order valence-corrected chi connectivity index (χ0v) is 10.00. The predicted octanol–water partition coefficient (Wildman–Crippen LogP) is 1.43. The fourth-order valence-electron chi connectivity index (χ4n) is 2.43. The Morgan fingerprint density at radius 1 is 1.40 bits per heavy atom. The van der Waals surface area contributed by atoms with Crippen molar-refractivity contribution in [1.82, 2.24) is 4.90 Å². The Morgan fingerprint density at radius 3 is 2.73 bits per heavy atom. The monoisotopic (exact) mass is 204 g/mol. The van der Waals surface area contributed by atoms with Crippen molar-refractivity contribution < 1.29 is 0 Å². The normalized spacial score (nSPS) is 24.9. The Morgan fingerprint density at radius 2 is 2.13 bits per heavy atom. The molecule has 0 atom stereocenters. The van der Waals surface area contributed by atoms with E-state index in [1.54, 1.807) is 0 Å². The average Bonchev–Trinajstić information content (AvgIpc) is 2.25. The standard InChI is InChI=1S/C12H21BN2/c1-15-6-4-10(5-7-15)8-12-3-2-11(13)9-14-12/h9-10H,2-8,13H2,1H3. The van der Waals surface area contributed by atoms with E-state index < -0.39 is 0 Å². The highest BCUT2D eigenvalue weighted by atomic mass is 15.1. The van der Waals surface area contributed by atoms with Crippen LogP contribution in [0.1, 0.15) is 32.1 Å². The second-order valence-corrected chi connectivity index (χ2v) is 5.12. The molecule has 15 heavy (non-hydrogen) atoms. The molecule has 0 aromatic heterocycles. The zero-order chi connectivity index (χ0) is 10.7. The van der Waals surface area contributed by atoms with Crippen LogP contribution in [-0.2, 0) is 0 Å². The molecule has 2 nitrogen and oxygen atoms in total. The Balaban J connectivity index is 1.82. The van der Waals surface area contributed by atoms with Crippen molar-refractivity contribution in [3.63, 3.8) is 0 Å². The van der Waals surface area contributed by atoms with E-state index in [1.165, 1.54) is 56.4 Å². The van der Waals surface area contributed by atoms with Crippen LogP contribution < -0.4 is 0 Å². The minimum absolute atomic E-state index is 0.895. The zero-order valence-electron chi connectivity index (χ0n) is 10.00. The van der Waals surface area contributed by atoms with Gasteiger partial charge >= 0.3 is 0 Å². The van der Waals surface area contributed by atoms with Gasteiger partial charge in [-0.2, -0.15) is 0 Å². The molecule has 0 aliphatic carbocycles. The second kappa shape index (κ2) is 4.97. The molecule has 1 fully saturated rings. The maximum atomic E-state index is 4.56. The van der Waals surface area contributed by atoms with E-state index in [2.05, 4.69) is 31.0 Å². The van der Waals surface area contributed by atoms with Gasteiger partial charge in [-0.15, -0.1) is 0 Å². The second-order valence-electron chi connectivity index (χ2n) is 5.12. The molecule has 0 aromatic rings. The van der Waals surface area contributed by atoms with Crippen LogP contribution >= 0.6 is 0 Å². The fourth-order valence-corrected chi connectivity index (χ4v) is 2.43. The molecule has 1 saturated heterocycles. The number of hydrogen-bond acceptors (Lipinski definition) is 2. The SMILES string of the molecule is BC1=CN=C(CC2CCN(C)CC2)CC1. The first-order chi connectivity index (χ1) is 7.24. The van der Waals surface area contributed by atoms with Crippen LogP contribution in [0.2, 0.25) is 0 Å². The number of likely N-dealkylation sites (tertiary alicyclic amines) is 1. The van der Waals surface area contributed by atoms with Gasteiger partial charge in [0.05, 0.1) is 0 Å². The number of piperidine rings is 1. The van der Waals surface area contributed by atoms with Crippen molar-refractivity contribution in [3.8, 4) is 0 Å². The van der Waals surface area contributed by atoms with Crippen LogP contribution in [0, 0.1) is 5.92 Å². The fraction of sp³-hybridized carbons (Fsp3) is 0.750. The molecular weight excluding hydrogens is 183 g/mol. The first-order valence-corrected chi connectivity index (χ1v) is 6.14. The summed E-state index contributed by atoms with van der Waals surface area (Å²) in [4.78, 5) is 7.00. The van der Waals surface area contributed by atoms with E-state index in [0.29, 0.717) is 0 Å². The number of aliphatic imine (C=N–C) groups is 1. The van der Waals surface area contributed by atoms with Crippen LogP contribution in [0.15, 0.2) is 16.7 Å². The smallest absolute Gasteiger partial charge is 0.135 e. The highest BCUT2D eigenvalue weighted by Crippen LogP contribution is 2.23. The predicted molar refractivity (Wildman–Crippen MR) is 68.1 cm³/mol.